The summed E-state index contributed by atoms with van der Waals surface area (Å²) in [5, 5.41) is 9.74. The third-order valence-electron chi connectivity index (χ3n) is 10.9. The molecule has 0 bridgehead atoms. The molecule has 55 heavy (non-hydrogen) atoms. The van der Waals surface area contributed by atoms with Gasteiger partial charge in [0.1, 0.15) is 11.2 Å². The molecular weight excluding hydrogens is 669 g/mol. The minimum atomic E-state index is 0.687. The second-order valence-electron chi connectivity index (χ2n) is 14.1. The van der Waals surface area contributed by atoms with Crippen LogP contribution in [0.15, 0.2) is 199 Å². The van der Waals surface area contributed by atoms with Crippen LogP contribution < -0.4 is 0 Å². The van der Waals surface area contributed by atoms with Gasteiger partial charge < -0.3 is 4.42 Å². The molecule has 3 heteroatoms. The Bertz CT molecular complexity index is 3250. The van der Waals surface area contributed by atoms with Gasteiger partial charge in [-0.3, -0.25) is 0 Å². The summed E-state index contributed by atoms with van der Waals surface area (Å²) in [5.74, 6) is 0.687. The van der Waals surface area contributed by atoms with Crippen LogP contribution in [-0.2, 0) is 0 Å². The van der Waals surface area contributed by atoms with E-state index >= 15 is 0 Å². The van der Waals surface area contributed by atoms with Gasteiger partial charge in [0.25, 0.3) is 0 Å². The van der Waals surface area contributed by atoms with E-state index in [0.29, 0.717) is 5.82 Å². The summed E-state index contributed by atoms with van der Waals surface area (Å²) < 4.78 is 6.30. The summed E-state index contributed by atoms with van der Waals surface area (Å²) in [6.07, 6.45) is 0. The van der Waals surface area contributed by atoms with Gasteiger partial charge in [-0.25, -0.2) is 9.97 Å². The fourth-order valence-corrected chi connectivity index (χ4v) is 8.24. The molecule has 0 amide bonds. The average Bonchev–Trinajstić information content (AvgIpc) is 3.64. The molecule has 0 radical (unpaired) electrons. The Balaban J connectivity index is 1.06. The molecule has 0 atom stereocenters. The molecule has 0 aliphatic carbocycles. The van der Waals surface area contributed by atoms with Gasteiger partial charge >= 0.3 is 0 Å². The van der Waals surface area contributed by atoms with Gasteiger partial charge in [0.2, 0.25) is 0 Å². The smallest absolute Gasteiger partial charge is 0.160 e. The van der Waals surface area contributed by atoms with Crippen LogP contribution in [0, 0.1) is 0 Å². The van der Waals surface area contributed by atoms with E-state index in [4.69, 9.17) is 14.4 Å². The van der Waals surface area contributed by atoms with Gasteiger partial charge in [0.05, 0.1) is 11.4 Å². The predicted octanol–water partition coefficient (Wildman–Crippen LogP) is 14.2. The topological polar surface area (TPSA) is 38.9 Å². The lowest BCUT2D eigenvalue weighted by Gasteiger charge is -2.15. The highest BCUT2D eigenvalue weighted by Gasteiger charge is 2.17. The Labute approximate surface area is 317 Å². The largest absolute Gasteiger partial charge is 0.456 e. The fourth-order valence-electron chi connectivity index (χ4n) is 8.24. The first kappa shape index (κ1) is 31.2. The molecule has 9 aromatic carbocycles. The number of benzene rings is 9. The number of hydrogen-bond donors (Lipinski definition) is 0. The van der Waals surface area contributed by atoms with Crippen LogP contribution in [-0.4, -0.2) is 9.97 Å². The van der Waals surface area contributed by atoms with Crippen molar-refractivity contribution in [3.05, 3.63) is 194 Å². The number of furan rings is 1. The molecule has 0 aliphatic rings. The fraction of sp³-hybridized carbons (Fsp3) is 0. The normalized spacial score (nSPS) is 11.6. The summed E-state index contributed by atoms with van der Waals surface area (Å²) in [6, 6.07) is 68.6. The zero-order chi connectivity index (χ0) is 36.3. The maximum absolute atomic E-state index is 6.30. The van der Waals surface area contributed by atoms with Crippen molar-refractivity contribution in [3.63, 3.8) is 0 Å². The van der Waals surface area contributed by atoms with Crippen LogP contribution in [0.4, 0.5) is 0 Å². The van der Waals surface area contributed by atoms with Crippen LogP contribution >= 0.6 is 0 Å². The molecule has 0 unspecified atom stereocenters. The predicted molar refractivity (Wildman–Crippen MR) is 229 cm³/mol. The molecule has 256 valence electrons. The second-order valence-corrected chi connectivity index (χ2v) is 14.1. The van der Waals surface area contributed by atoms with E-state index in [1.165, 1.54) is 43.4 Å². The number of nitrogens with zero attached hydrogens (tertiary/aromatic N) is 2. The molecule has 2 aromatic heterocycles. The molecule has 0 saturated heterocycles. The third-order valence-corrected chi connectivity index (χ3v) is 10.9. The maximum Gasteiger partial charge on any atom is 0.160 e. The lowest BCUT2D eigenvalue weighted by atomic mass is 9.89. The van der Waals surface area contributed by atoms with E-state index in [-0.39, 0.29) is 0 Å². The first-order chi connectivity index (χ1) is 27.2. The van der Waals surface area contributed by atoms with Crippen molar-refractivity contribution in [3.8, 4) is 56.2 Å². The van der Waals surface area contributed by atoms with E-state index in [9.17, 15) is 0 Å². The Morgan fingerprint density at radius 1 is 0.309 bits per heavy atom. The average molecular weight is 701 g/mol. The highest BCUT2D eigenvalue weighted by Crippen LogP contribution is 2.41. The van der Waals surface area contributed by atoms with Crippen LogP contribution in [0.5, 0.6) is 0 Å². The highest BCUT2D eigenvalue weighted by molar-refractivity contribution is 6.20. The van der Waals surface area contributed by atoms with Crippen LogP contribution in [0.1, 0.15) is 0 Å². The zero-order valence-corrected chi connectivity index (χ0v) is 29.8. The van der Waals surface area contributed by atoms with Gasteiger partial charge in [0, 0.05) is 27.5 Å². The molecule has 0 aliphatic heterocycles. The van der Waals surface area contributed by atoms with E-state index < -0.39 is 0 Å². The quantitative estimate of drug-likeness (QED) is 0.133. The van der Waals surface area contributed by atoms with Crippen LogP contribution in [0.25, 0.3) is 110 Å². The first-order valence-corrected chi connectivity index (χ1v) is 18.6. The Hall–Kier alpha value is -7.36. The summed E-state index contributed by atoms with van der Waals surface area (Å²) >= 11 is 0. The number of rotatable bonds is 5. The van der Waals surface area contributed by atoms with Crippen LogP contribution in [0.2, 0.25) is 0 Å². The third kappa shape index (κ3) is 5.28. The van der Waals surface area contributed by atoms with Gasteiger partial charge in [-0.15, -0.1) is 0 Å². The Kier molecular flexibility index (Phi) is 7.17. The van der Waals surface area contributed by atoms with E-state index in [1.54, 1.807) is 0 Å². The van der Waals surface area contributed by atoms with E-state index in [0.717, 1.165) is 61.1 Å². The Morgan fingerprint density at radius 3 is 1.78 bits per heavy atom. The van der Waals surface area contributed by atoms with Gasteiger partial charge in [0.15, 0.2) is 5.82 Å². The van der Waals surface area contributed by atoms with Crippen molar-refractivity contribution >= 4 is 54.3 Å². The molecule has 11 rings (SSSR count). The van der Waals surface area contributed by atoms with Gasteiger partial charge in [-0.1, -0.05) is 164 Å². The summed E-state index contributed by atoms with van der Waals surface area (Å²) in [5.41, 5.74) is 11.1. The van der Waals surface area contributed by atoms with Crippen molar-refractivity contribution in [2.75, 3.05) is 0 Å². The first-order valence-electron chi connectivity index (χ1n) is 18.6. The lowest BCUT2D eigenvalue weighted by molar-refractivity contribution is 0.669. The molecular formula is C52H32N2O. The lowest BCUT2D eigenvalue weighted by Crippen LogP contribution is -1.97. The highest BCUT2D eigenvalue weighted by atomic mass is 16.3. The van der Waals surface area contributed by atoms with E-state index in [2.05, 4.69) is 164 Å². The molecule has 0 saturated carbocycles. The standard InChI is InChI=1S/C52H32N2O/c1-2-13-36(14-3-1)52-53-47(32-48(54-52)42-19-9-8-17-40(42)38-27-28-44-43-20-10-11-21-49(43)55-50(44)31-38)34-22-24-35(25-23-34)51-41-18-7-5-15-37(41)30-46-39-16-6-4-12-33(39)26-29-45(46)51/h1-32H. The molecule has 3 nitrogen and oxygen atoms in total. The minimum Gasteiger partial charge on any atom is -0.456 e. The number of fused-ring (bicyclic) bond motifs is 7. The summed E-state index contributed by atoms with van der Waals surface area (Å²) in [7, 11) is 0. The van der Waals surface area contributed by atoms with Gasteiger partial charge in [-0.2, -0.15) is 0 Å². The van der Waals surface area contributed by atoms with E-state index in [1.807, 2.05) is 30.3 Å². The summed E-state index contributed by atoms with van der Waals surface area (Å²) in [6.45, 7) is 0. The SMILES string of the molecule is c1ccc(-c2nc(-c3ccc(-c4c5ccccc5cc5c4ccc4ccccc45)cc3)cc(-c3ccccc3-c3ccc4c(c3)oc3ccccc34)n2)cc1. The maximum atomic E-state index is 6.30. The number of para-hydroxylation sites is 1. The van der Waals surface area contributed by atoms with Crippen molar-refractivity contribution in [2.24, 2.45) is 0 Å². The molecule has 0 fully saturated rings. The molecule has 11 aromatic rings. The molecule has 0 spiro atoms. The number of hydrogen-bond acceptors (Lipinski definition) is 3. The van der Waals surface area contributed by atoms with Crippen molar-refractivity contribution < 1.29 is 4.42 Å². The number of aromatic nitrogens is 2. The van der Waals surface area contributed by atoms with Crippen LogP contribution in [0.3, 0.4) is 0 Å². The second kappa shape index (κ2) is 12.6. The van der Waals surface area contributed by atoms with Gasteiger partial charge in [-0.05, 0) is 84.9 Å². The zero-order valence-electron chi connectivity index (χ0n) is 29.8. The van der Waals surface area contributed by atoms with Crippen molar-refractivity contribution in [1.82, 2.24) is 9.97 Å². The minimum absolute atomic E-state index is 0.687. The summed E-state index contributed by atoms with van der Waals surface area (Å²) in [4.78, 5) is 10.4. The monoisotopic (exact) mass is 700 g/mol. The molecule has 2 heterocycles. The Morgan fingerprint density at radius 2 is 0.927 bits per heavy atom. The van der Waals surface area contributed by atoms with Crippen molar-refractivity contribution in [2.45, 2.75) is 0 Å². The van der Waals surface area contributed by atoms with Crippen molar-refractivity contribution in [1.29, 1.82) is 0 Å². The molecule has 0 N–H and O–H groups in total.